The topological polar surface area (TPSA) is 78.9 Å². The van der Waals surface area contributed by atoms with Gasteiger partial charge in [-0.15, -0.1) is 0 Å². The highest BCUT2D eigenvalue weighted by molar-refractivity contribution is 5.82. The van der Waals surface area contributed by atoms with Gasteiger partial charge in [-0.05, 0) is 48.7 Å². The summed E-state index contributed by atoms with van der Waals surface area (Å²) in [5.41, 5.74) is 3.82. The van der Waals surface area contributed by atoms with Crippen LogP contribution in [0.2, 0.25) is 0 Å². The van der Waals surface area contributed by atoms with Crippen LogP contribution in [0.4, 0.5) is 10.3 Å². The molecule has 3 N–H and O–H groups in total. The van der Waals surface area contributed by atoms with Crippen molar-refractivity contribution in [2.24, 2.45) is 0 Å². The maximum Gasteiger partial charge on any atom is 0.226 e. The standard InChI is InChI=1S/C21H22FN5O/c1-3-13-4-9-17-16(10-13)12(2)23-20(24-17)27-21-25-18(11-19(28)26-21)14-5-7-15(22)8-6-14/h4-10,18,21,25H,3,11H2,1-2H3,(H,26,28)(H,23,24,27). The minimum Gasteiger partial charge on any atom is -0.323 e. The lowest BCUT2D eigenvalue weighted by Crippen LogP contribution is -2.56. The molecule has 144 valence electrons. The monoisotopic (exact) mass is 379 g/mol. The van der Waals surface area contributed by atoms with E-state index in [9.17, 15) is 9.18 Å². The van der Waals surface area contributed by atoms with Crippen molar-refractivity contribution in [3.8, 4) is 0 Å². The van der Waals surface area contributed by atoms with Crippen molar-refractivity contribution in [1.29, 1.82) is 0 Å². The van der Waals surface area contributed by atoms with Crippen molar-refractivity contribution in [1.82, 2.24) is 20.6 Å². The minimum atomic E-state index is -0.525. The summed E-state index contributed by atoms with van der Waals surface area (Å²) in [6.45, 7) is 4.06. The molecule has 1 aliphatic heterocycles. The van der Waals surface area contributed by atoms with E-state index in [1.54, 1.807) is 12.1 Å². The van der Waals surface area contributed by atoms with Gasteiger partial charge in [0.05, 0.1) is 11.2 Å². The molecule has 1 amide bonds. The molecule has 2 heterocycles. The summed E-state index contributed by atoms with van der Waals surface area (Å²) in [5, 5.41) is 10.3. The molecular formula is C21H22FN5O. The zero-order chi connectivity index (χ0) is 19.7. The molecule has 2 unspecified atom stereocenters. The number of fused-ring (bicyclic) bond motifs is 1. The fourth-order valence-electron chi connectivity index (χ4n) is 3.44. The number of aromatic nitrogens is 2. The van der Waals surface area contributed by atoms with Gasteiger partial charge in [0.15, 0.2) is 6.29 Å². The van der Waals surface area contributed by atoms with Gasteiger partial charge < -0.3 is 10.6 Å². The molecule has 1 aliphatic rings. The number of anilines is 1. The van der Waals surface area contributed by atoms with Crippen LogP contribution in [0.3, 0.4) is 0 Å². The van der Waals surface area contributed by atoms with Crippen molar-refractivity contribution >= 4 is 22.8 Å². The molecule has 0 saturated carbocycles. The van der Waals surface area contributed by atoms with Crippen molar-refractivity contribution in [3.05, 3.63) is 65.1 Å². The lowest BCUT2D eigenvalue weighted by molar-refractivity contribution is -0.124. The number of nitrogens with one attached hydrogen (secondary N) is 3. The van der Waals surface area contributed by atoms with Gasteiger partial charge >= 0.3 is 0 Å². The van der Waals surface area contributed by atoms with Crippen LogP contribution in [0.5, 0.6) is 0 Å². The highest BCUT2D eigenvalue weighted by atomic mass is 19.1. The lowest BCUT2D eigenvalue weighted by atomic mass is 10.0. The smallest absolute Gasteiger partial charge is 0.226 e. The fraction of sp³-hybridized carbons (Fsp3) is 0.286. The number of aryl methyl sites for hydroxylation is 2. The second-order valence-electron chi connectivity index (χ2n) is 6.96. The van der Waals surface area contributed by atoms with Gasteiger partial charge in [-0.2, -0.15) is 0 Å². The predicted octanol–water partition coefficient (Wildman–Crippen LogP) is 3.19. The van der Waals surface area contributed by atoms with Crippen molar-refractivity contribution in [3.63, 3.8) is 0 Å². The second kappa shape index (κ2) is 7.52. The number of carbonyl (C=O) groups is 1. The van der Waals surface area contributed by atoms with E-state index in [1.807, 2.05) is 13.0 Å². The quantitative estimate of drug-likeness (QED) is 0.649. The van der Waals surface area contributed by atoms with Gasteiger partial charge in [0.1, 0.15) is 5.82 Å². The third kappa shape index (κ3) is 3.80. The molecule has 0 aliphatic carbocycles. The van der Waals surface area contributed by atoms with Gasteiger partial charge in [0.2, 0.25) is 11.9 Å². The summed E-state index contributed by atoms with van der Waals surface area (Å²) in [6, 6.07) is 12.1. The molecular weight excluding hydrogens is 357 g/mol. The van der Waals surface area contributed by atoms with E-state index in [1.165, 1.54) is 17.7 Å². The Kier molecular flexibility index (Phi) is 4.92. The Hall–Kier alpha value is -3.06. The van der Waals surface area contributed by atoms with Crippen LogP contribution in [0, 0.1) is 12.7 Å². The van der Waals surface area contributed by atoms with Gasteiger partial charge in [-0.25, -0.2) is 14.4 Å². The van der Waals surface area contributed by atoms with Crippen LogP contribution < -0.4 is 16.0 Å². The van der Waals surface area contributed by atoms with Crippen LogP contribution >= 0.6 is 0 Å². The van der Waals surface area contributed by atoms with Gasteiger partial charge in [-0.1, -0.05) is 25.1 Å². The number of benzene rings is 2. The molecule has 2 aromatic carbocycles. The summed E-state index contributed by atoms with van der Waals surface area (Å²) >= 11 is 0. The van der Waals surface area contributed by atoms with Crippen molar-refractivity contribution < 1.29 is 9.18 Å². The summed E-state index contributed by atoms with van der Waals surface area (Å²) in [7, 11) is 0. The Morgan fingerprint density at radius 2 is 1.96 bits per heavy atom. The maximum atomic E-state index is 13.2. The molecule has 0 radical (unpaired) electrons. The summed E-state index contributed by atoms with van der Waals surface area (Å²) in [4.78, 5) is 21.3. The Morgan fingerprint density at radius 1 is 1.18 bits per heavy atom. The molecule has 1 aromatic heterocycles. The maximum absolute atomic E-state index is 13.2. The Bertz CT molecular complexity index is 1020. The van der Waals surface area contributed by atoms with E-state index >= 15 is 0 Å². The van der Waals surface area contributed by atoms with E-state index in [4.69, 9.17) is 0 Å². The normalized spacial score (nSPS) is 19.5. The molecule has 1 saturated heterocycles. The van der Waals surface area contributed by atoms with Gasteiger partial charge in [0.25, 0.3) is 0 Å². The van der Waals surface area contributed by atoms with Crippen molar-refractivity contribution in [2.45, 2.75) is 39.0 Å². The number of carbonyl (C=O) groups excluding carboxylic acids is 1. The van der Waals surface area contributed by atoms with Crippen LogP contribution in [0.1, 0.15) is 36.2 Å². The molecule has 2 atom stereocenters. The predicted molar refractivity (Wildman–Crippen MR) is 106 cm³/mol. The largest absolute Gasteiger partial charge is 0.323 e. The third-order valence-corrected chi connectivity index (χ3v) is 4.97. The van der Waals surface area contributed by atoms with Gasteiger partial charge in [-0.3, -0.25) is 10.1 Å². The van der Waals surface area contributed by atoms with E-state index in [0.29, 0.717) is 5.95 Å². The summed E-state index contributed by atoms with van der Waals surface area (Å²) in [6.07, 6.45) is 0.711. The van der Waals surface area contributed by atoms with E-state index in [-0.39, 0.29) is 24.2 Å². The average Bonchev–Trinajstić information content (AvgIpc) is 2.68. The minimum absolute atomic E-state index is 0.101. The van der Waals surface area contributed by atoms with Crippen molar-refractivity contribution in [2.75, 3.05) is 5.32 Å². The molecule has 0 bridgehead atoms. The second-order valence-corrected chi connectivity index (χ2v) is 6.96. The summed E-state index contributed by atoms with van der Waals surface area (Å²) < 4.78 is 13.2. The number of halogens is 1. The molecule has 6 nitrogen and oxygen atoms in total. The highest BCUT2D eigenvalue weighted by Crippen LogP contribution is 2.22. The van der Waals surface area contributed by atoms with E-state index < -0.39 is 6.29 Å². The highest BCUT2D eigenvalue weighted by Gasteiger charge is 2.27. The SMILES string of the molecule is CCc1ccc2nc(NC3NC(=O)CC(c4ccc(F)cc4)N3)nc(C)c2c1. The van der Waals surface area contributed by atoms with E-state index in [0.717, 1.165) is 28.6 Å². The number of hydrogen-bond donors (Lipinski definition) is 3. The fourth-order valence-corrected chi connectivity index (χ4v) is 3.44. The number of hydrogen-bond acceptors (Lipinski definition) is 5. The molecule has 4 rings (SSSR count). The average molecular weight is 379 g/mol. The first-order valence-corrected chi connectivity index (χ1v) is 9.36. The molecule has 0 spiro atoms. The van der Waals surface area contributed by atoms with Crippen LogP contribution in [0.25, 0.3) is 10.9 Å². The van der Waals surface area contributed by atoms with E-state index in [2.05, 4.69) is 45.0 Å². The summed E-state index contributed by atoms with van der Waals surface area (Å²) in [5.74, 6) is 0.0347. The first-order valence-electron chi connectivity index (χ1n) is 9.36. The van der Waals surface area contributed by atoms with Crippen LogP contribution in [-0.4, -0.2) is 22.2 Å². The lowest BCUT2D eigenvalue weighted by Gasteiger charge is -2.32. The number of nitrogens with zero attached hydrogens (tertiary/aromatic N) is 2. The molecule has 7 heteroatoms. The molecule has 1 fully saturated rings. The molecule has 3 aromatic rings. The Morgan fingerprint density at radius 3 is 2.71 bits per heavy atom. The Labute approximate surface area is 162 Å². The third-order valence-electron chi connectivity index (χ3n) is 4.97. The van der Waals surface area contributed by atoms with Crippen LogP contribution in [0.15, 0.2) is 42.5 Å². The molecule has 28 heavy (non-hydrogen) atoms. The zero-order valence-corrected chi connectivity index (χ0v) is 15.8. The Balaban J connectivity index is 1.56. The van der Waals surface area contributed by atoms with Gasteiger partial charge in [0, 0.05) is 17.8 Å². The number of amides is 1. The zero-order valence-electron chi connectivity index (χ0n) is 15.8. The first-order chi connectivity index (χ1) is 13.5. The van der Waals surface area contributed by atoms with Crippen LogP contribution in [-0.2, 0) is 11.2 Å². The number of rotatable bonds is 4. The first kappa shape index (κ1) is 18.3.